The van der Waals surface area contributed by atoms with Gasteiger partial charge in [-0.2, -0.15) is 0 Å². The lowest BCUT2D eigenvalue weighted by Gasteiger charge is -1.98. The average molecular weight is 346 g/mol. The molecule has 0 heterocycles. The summed E-state index contributed by atoms with van der Waals surface area (Å²) in [6.45, 7) is 2.04. The van der Waals surface area contributed by atoms with Crippen LogP contribution < -0.4 is 22.7 Å². The molecule has 4 heteroatoms. The molecule has 0 aliphatic rings. The molecule has 0 amide bonds. The number of halogens is 3. The van der Waals surface area contributed by atoms with Crippen LogP contribution in [0.1, 0.15) is 5.56 Å². The zero-order chi connectivity index (χ0) is 7.72. The standard InChI is InChI=1S/C7H7Br2N.BrH/c1-4-2-5(8)3-6(9)7(4)10;/h2-3H,10H2,1H3;1H. The number of benzene rings is 1. The molecule has 11 heavy (non-hydrogen) atoms. The van der Waals surface area contributed by atoms with Gasteiger partial charge in [0.2, 0.25) is 0 Å². The van der Waals surface area contributed by atoms with Crippen molar-refractivity contribution in [3.05, 3.63) is 26.6 Å². The number of aryl methyl sites for hydroxylation is 1. The summed E-state index contributed by atoms with van der Waals surface area (Å²) in [5, 5.41) is 0. The third-order valence-electron chi connectivity index (χ3n) is 1.38. The monoisotopic (exact) mass is 343 g/mol. The van der Waals surface area contributed by atoms with Gasteiger partial charge in [0.1, 0.15) is 5.69 Å². The van der Waals surface area contributed by atoms with E-state index in [1.165, 1.54) is 5.56 Å². The van der Waals surface area contributed by atoms with Gasteiger partial charge in [0.15, 0.2) is 0 Å². The maximum absolute atomic E-state index is 3.89. The molecule has 3 N–H and O–H groups in total. The molecule has 0 saturated carbocycles. The highest BCUT2D eigenvalue weighted by Gasteiger charge is 2.03. The topological polar surface area (TPSA) is 27.6 Å². The first-order valence-corrected chi connectivity index (χ1v) is 4.47. The van der Waals surface area contributed by atoms with Crippen LogP contribution in [0.15, 0.2) is 21.1 Å². The Balaban J connectivity index is 0.000001000. The van der Waals surface area contributed by atoms with Crippen molar-refractivity contribution in [2.75, 3.05) is 0 Å². The smallest absolute Gasteiger partial charge is 0.145 e. The third-order valence-corrected chi connectivity index (χ3v) is 2.55. The third kappa shape index (κ3) is 2.86. The van der Waals surface area contributed by atoms with E-state index in [1.54, 1.807) is 0 Å². The molecule has 0 saturated heterocycles. The van der Waals surface area contributed by atoms with Gasteiger partial charge in [-0.15, -0.1) is 0 Å². The van der Waals surface area contributed by atoms with Gasteiger partial charge in [0.05, 0.1) is 4.47 Å². The first kappa shape index (κ1) is 11.6. The van der Waals surface area contributed by atoms with Crippen molar-refractivity contribution in [2.24, 2.45) is 0 Å². The van der Waals surface area contributed by atoms with E-state index in [9.17, 15) is 0 Å². The van der Waals surface area contributed by atoms with Crippen molar-refractivity contribution in [2.45, 2.75) is 6.92 Å². The molecule has 1 nitrogen and oxygen atoms in total. The zero-order valence-corrected chi connectivity index (χ0v) is 10.8. The molecule has 0 bridgehead atoms. The summed E-state index contributed by atoms with van der Waals surface area (Å²) in [6.07, 6.45) is 0. The summed E-state index contributed by atoms with van der Waals surface area (Å²) in [5.74, 6) is 0. The van der Waals surface area contributed by atoms with E-state index in [4.69, 9.17) is 0 Å². The van der Waals surface area contributed by atoms with Crippen molar-refractivity contribution in [1.82, 2.24) is 0 Å². The SMILES string of the molecule is Cc1cc(Br)cc(Br)c1[NH3+].[Br-]. The van der Waals surface area contributed by atoms with Crippen LogP contribution in [0.25, 0.3) is 0 Å². The summed E-state index contributed by atoms with van der Waals surface area (Å²) >= 11 is 6.79. The average Bonchev–Trinajstić information content (AvgIpc) is 1.82. The van der Waals surface area contributed by atoms with E-state index in [1.807, 2.05) is 19.1 Å². The fraction of sp³-hybridized carbons (Fsp3) is 0.143. The van der Waals surface area contributed by atoms with Crippen LogP contribution in [0.2, 0.25) is 0 Å². The minimum absolute atomic E-state index is 0. The summed E-state index contributed by atoms with van der Waals surface area (Å²) in [5.41, 5.74) is 6.15. The second kappa shape index (κ2) is 4.60. The second-order valence-corrected chi connectivity index (χ2v) is 3.95. The van der Waals surface area contributed by atoms with Crippen LogP contribution in [0.4, 0.5) is 5.69 Å². The Morgan fingerprint density at radius 3 is 2.27 bits per heavy atom. The lowest BCUT2D eigenvalue weighted by molar-refractivity contribution is -0.256. The second-order valence-electron chi connectivity index (χ2n) is 2.18. The van der Waals surface area contributed by atoms with Gasteiger partial charge in [0, 0.05) is 10.0 Å². The van der Waals surface area contributed by atoms with Crippen LogP contribution in [-0.2, 0) is 0 Å². The van der Waals surface area contributed by atoms with E-state index in [0.717, 1.165) is 14.6 Å². The largest absolute Gasteiger partial charge is 1.00 e. The molecule has 1 aromatic carbocycles. The van der Waals surface area contributed by atoms with Gasteiger partial charge >= 0.3 is 0 Å². The molecule has 0 aromatic heterocycles. The molecular weight excluding hydrogens is 338 g/mol. The lowest BCUT2D eigenvalue weighted by atomic mass is 10.2. The quantitative estimate of drug-likeness (QED) is 0.650. The Morgan fingerprint density at radius 1 is 1.27 bits per heavy atom. The number of hydrogen-bond donors (Lipinski definition) is 1. The maximum atomic E-state index is 3.89. The lowest BCUT2D eigenvalue weighted by Crippen LogP contribution is -3.00. The van der Waals surface area contributed by atoms with E-state index in [2.05, 4.69) is 37.6 Å². The van der Waals surface area contributed by atoms with Gasteiger partial charge in [-0.1, -0.05) is 15.9 Å². The molecule has 0 unspecified atom stereocenters. The van der Waals surface area contributed by atoms with E-state index in [0.29, 0.717) is 0 Å². The van der Waals surface area contributed by atoms with Crippen molar-refractivity contribution >= 4 is 37.5 Å². The highest BCUT2D eigenvalue weighted by molar-refractivity contribution is 9.11. The van der Waals surface area contributed by atoms with Gasteiger partial charge < -0.3 is 22.7 Å². The van der Waals surface area contributed by atoms with Crippen molar-refractivity contribution in [3.63, 3.8) is 0 Å². The Kier molecular flexibility index (Phi) is 4.86. The molecule has 1 aromatic rings. The predicted molar refractivity (Wildman–Crippen MR) is 49.1 cm³/mol. The first-order chi connectivity index (χ1) is 4.61. The highest BCUT2D eigenvalue weighted by Crippen LogP contribution is 2.25. The molecule has 0 radical (unpaired) electrons. The highest BCUT2D eigenvalue weighted by atomic mass is 79.9. The Labute approximate surface area is 93.4 Å². The van der Waals surface area contributed by atoms with Crippen LogP contribution >= 0.6 is 31.9 Å². The summed E-state index contributed by atoms with van der Waals surface area (Å²) < 4.78 is 2.14. The van der Waals surface area contributed by atoms with E-state index >= 15 is 0 Å². The molecule has 0 fully saturated rings. The normalized spacial score (nSPS) is 9.09. The van der Waals surface area contributed by atoms with E-state index in [-0.39, 0.29) is 17.0 Å². The summed E-state index contributed by atoms with van der Waals surface area (Å²) in [4.78, 5) is 0. The van der Waals surface area contributed by atoms with Crippen molar-refractivity contribution in [1.29, 1.82) is 0 Å². The first-order valence-electron chi connectivity index (χ1n) is 2.89. The molecule has 62 valence electrons. The Bertz CT molecular complexity index is 237. The van der Waals surface area contributed by atoms with Crippen molar-refractivity contribution < 1.29 is 22.7 Å². The summed E-state index contributed by atoms with van der Waals surface area (Å²) in [7, 11) is 0. The Morgan fingerprint density at radius 2 is 1.82 bits per heavy atom. The van der Waals surface area contributed by atoms with Crippen LogP contribution in [0.5, 0.6) is 0 Å². The summed E-state index contributed by atoms with van der Waals surface area (Å²) in [6, 6.07) is 4.04. The predicted octanol–water partition coefficient (Wildman–Crippen LogP) is -0.603. The number of rotatable bonds is 0. The Hall–Kier alpha value is 0.620. The molecule has 0 aliphatic heterocycles. The molecule has 0 spiro atoms. The minimum atomic E-state index is 0. The van der Waals surface area contributed by atoms with Crippen LogP contribution in [0.3, 0.4) is 0 Å². The van der Waals surface area contributed by atoms with E-state index < -0.39 is 0 Å². The van der Waals surface area contributed by atoms with Gasteiger partial charge in [-0.25, -0.2) is 0 Å². The van der Waals surface area contributed by atoms with Crippen molar-refractivity contribution in [3.8, 4) is 0 Å². The molecular formula is C7H8Br3N. The zero-order valence-electron chi connectivity index (χ0n) is 6.00. The minimum Gasteiger partial charge on any atom is -1.00 e. The number of quaternary nitrogens is 1. The molecule has 0 aliphatic carbocycles. The van der Waals surface area contributed by atoms with Crippen LogP contribution in [0, 0.1) is 6.92 Å². The van der Waals surface area contributed by atoms with Gasteiger partial charge in [-0.3, -0.25) is 0 Å². The fourth-order valence-corrected chi connectivity index (χ4v) is 2.17. The van der Waals surface area contributed by atoms with Crippen LogP contribution in [-0.4, -0.2) is 0 Å². The molecule has 0 atom stereocenters. The molecule has 1 rings (SSSR count). The number of hydrogen-bond acceptors (Lipinski definition) is 0. The maximum Gasteiger partial charge on any atom is 0.145 e. The van der Waals surface area contributed by atoms with Gasteiger partial charge in [0.25, 0.3) is 0 Å². The van der Waals surface area contributed by atoms with Gasteiger partial charge in [-0.05, 0) is 35.0 Å². The fourth-order valence-electron chi connectivity index (χ4n) is 0.732.